The number of ether oxygens (including phenoxy) is 1. The molecule has 1 atom stereocenters. The van der Waals surface area contributed by atoms with Crippen LogP contribution in [0.2, 0.25) is 0 Å². The summed E-state index contributed by atoms with van der Waals surface area (Å²) < 4.78 is 5.69. The number of aryl methyl sites for hydroxylation is 1. The molecule has 1 saturated heterocycles. The number of pyridine rings is 1. The van der Waals surface area contributed by atoms with E-state index in [4.69, 9.17) is 4.74 Å². The Morgan fingerprint density at radius 1 is 1.26 bits per heavy atom. The molecule has 0 unspecified atom stereocenters. The molecule has 0 aliphatic carbocycles. The first-order valence-corrected chi connectivity index (χ1v) is 9.94. The van der Waals surface area contributed by atoms with Crippen LogP contribution in [0.1, 0.15) is 49.1 Å². The van der Waals surface area contributed by atoms with Gasteiger partial charge in [-0.3, -0.25) is 4.79 Å². The van der Waals surface area contributed by atoms with Crippen LogP contribution < -0.4 is 15.0 Å². The van der Waals surface area contributed by atoms with E-state index in [1.807, 2.05) is 24.3 Å². The number of aromatic nitrogens is 1. The van der Waals surface area contributed by atoms with E-state index < -0.39 is 0 Å². The standard InChI is InChI=1S/C22H27N3O2/c1-16-13-18(15-23-22(16)25-10-5-2-6-11-25)24-21(26)14-17-9-12-27-20-8-4-3-7-19(17)20/h3-4,7-8,13,15,17H,2,5-6,9-12,14H2,1H3,(H,24,26)/t17-/m1/s1. The minimum atomic E-state index is 0.0311. The lowest BCUT2D eigenvalue weighted by atomic mass is 9.90. The summed E-state index contributed by atoms with van der Waals surface area (Å²) in [6.07, 6.45) is 6.88. The fourth-order valence-electron chi connectivity index (χ4n) is 4.14. The molecule has 1 aromatic carbocycles. The zero-order valence-electron chi connectivity index (χ0n) is 15.9. The first-order chi connectivity index (χ1) is 13.2. The molecule has 1 amide bonds. The van der Waals surface area contributed by atoms with Crippen molar-refractivity contribution in [1.82, 2.24) is 4.98 Å². The molecule has 1 fully saturated rings. The number of fused-ring (bicyclic) bond motifs is 1. The predicted octanol–water partition coefficient (Wildman–Crippen LogP) is 4.28. The summed E-state index contributed by atoms with van der Waals surface area (Å²) in [5.74, 6) is 2.19. The SMILES string of the molecule is Cc1cc(NC(=O)C[C@H]2CCOc3ccccc32)cnc1N1CCCCC1. The predicted molar refractivity (Wildman–Crippen MR) is 108 cm³/mol. The third-order valence-electron chi connectivity index (χ3n) is 5.50. The molecule has 2 aromatic rings. The molecule has 2 aliphatic rings. The van der Waals surface area contributed by atoms with E-state index >= 15 is 0 Å². The number of carbonyl (C=O) groups is 1. The number of rotatable bonds is 4. The number of nitrogens with one attached hydrogen (secondary N) is 1. The molecule has 0 radical (unpaired) electrons. The van der Waals surface area contributed by atoms with Crippen molar-refractivity contribution in [3.05, 3.63) is 47.7 Å². The Balaban J connectivity index is 1.41. The average Bonchev–Trinajstić information content (AvgIpc) is 2.69. The molecule has 142 valence electrons. The van der Waals surface area contributed by atoms with Gasteiger partial charge in [0.25, 0.3) is 0 Å². The highest BCUT2D eigenvalue weighted by Crippen LogP contribution is 2.35. The van der Waals surface area contributed by atoms with Crippen molar-refractivity contribution >= 4 is 17.4 Å². The smallest absolute Gasteiger partial charge is 0.225 e. The Morgan fingerprint density at radius 2 is 2.07 bits per heavy atom. The fraction of sp³-hybridized carbons (Fsp3) is 0.455. The Hall–Kier alpha value is -2.56. The van der Waals surface area contributed by atoms with Gasteiger partial charge in [0.15, 0.2) is 0 Å². The molecule has 5 heteroatoms. The highest BCUT2D eigenvalue weighted by molar-refractivity contribution is 5.91. The second-order valence-electron chi connectivity index (χ2n) is 7.54. The van der Waals surface area contributed by atoms with Crippen molar-refractivity contribution in [2.24, 2.45) is 0 Å². The summed E-state index contributed by atoms with van der Waals surface area (Å²) in [7, 11) is 0. The third-order valence-corrected chi connectivity index (χ3v) is 5.50. The Bertz CT molecular complexity index is 815. The van der Waals surface area contributed by atoms with Crippen molar-refractivity contribution < 1.29 is 9.53 Å². The minimum absolute atomic E-state index is 0.0311. The lowest BCUT2D eigenvalue weighted by molar-refractivity contribution is -0.116. The molecule has 4 rings (SSSR count). The van der Waals surface area contributed by atoms with Gasteiger partial charge in [-0.2, -0.15) is 0 Å². The maximum absolute atomic E-state index is 12.6. The number of benzene rings is 1. The molecule has 1 aromatic heterocycles. The number of amides is 1. The van der Waals surface area contributed by atoms with E-state index in [0.717, 1.165) is 47.9 Å². The van der Waals surface area contributed by atoms with Gasteiger partial charge in [-0.15, -0.1) is 0 Å². The van der Waals surface area contributed by atoms with Gasteiger partial charge in [0.05, 0.1) is 18.5 Å². The maximum Gasteiger partial charge on any atom is 0.225 e. The van der Waals surface area contributed by atoms with E-state index in [-0.39, 0.29) is 11.8 Å². The Kier molecular flexibility index (Phi) is 5.28. The zero-order valence-corrected chi connectivity index (χ0v) is 15.9. The summed E-state index contributed by atoms with van der Waals surface area (Å²) in [6.45, 7) is 4.88. The van der Waals surface area contributed by atoms with Crippen LogP contribution >= 0.6 is 0 Å². The van der Waals surface area contributed by atoms with Gasteiger partial charge in [-0.1, -0.05) is 18.2 Å². The van der Waals surface area contributed by atoms with Gasteiger partial charge >= 0.3 is 0 Å². The number of para-hydroxylation sites is 1. The molecular weight excluding hydrogens is 338 g/mol. The zero-order chi connectivity index (χ0) is 18.6. The first-order valence-electron chi connectivity index (χ1n) is 9.94. The van der Waals surface area contributed by atoms with Gasteiger partial charge < -0.3 is 15.0 Å². The van der Waals surface area contributed by atoms with Gasteiger partial charge in [-0.05, 0) is 61.8 Å². The quantitative estimate of drug-likeness (QED) is 0.879. The van der Waals surface area contributed by atoms with Crippen LogP contribution in [-0.4, -0.2) is 30.6 Å². The van der Waals surface area contributed by atoms with Crippen LogP contribution in [0.5, 0.6) is 5.75 Å². The number of hydrogen-bond acceptors (Lipinski definition) is 4. The minimum Gasteiger partial charge on any atom is -0.493 e. The van der Waals surface area contributed by atoms with E-state index in [1.54, 1.807) is 6.20 Å². The van der Waals surface area contributed by atoms with Crippen LogP contribution in [0.4, 0.5) is 11.5 Å². The lowest BCUT2D eigenvalue weighted by Gasteiger charge is -2.29. The monoisotopic (exact) mass is 365 g/mol. The van der Waals surface area contributed by atoms with E-state index in [1.165, 1.54) is 19.3 Å². The molecule has 1 N–H and O–H groups in total. The topological polar surface area (TPSA) is 54.5 Å². The molecule has 2 aliphatic heterocycles. The van der Waals surface area contributed by atoms with Crippen molar-refractivity contribution in [3.63, 3.8) is 0 Å². The molecule has 5 nitrogen and oxygen atoms in total. The van der Waals surface area contributed by atoms with Gasteiger partial charge in [0.2, 0.25) is 5.91 Å². The number of nitrogens with zero attached hydrogens (tertiary/aromatic N) is 2. The average molecular weight is 365 g/mol. The number of piperidine rings is 1. The summed E-state index contributed by atoms with van der Waals surface area (Å²) >= 11 is 0. The van der Waals surface area contributed by atoms with Crippen LogP contribution in [0.15, 0.2) is 36.5 Å². The fourth-order valence-corrected chi connectivity index (χ4v) is 4.14. The van der Waals surface area contributed by atoms with Crippen LogP contribution in [0, 0.1) is 6.92 Å². The highest BCUT2D eigenvalue weighted by Gasteiger charge is 2.23. The van der Waals surface area contributed by atoms with E-state index in [0.29, 0.717) is 13.0 Å². The van der Waals surface area contributed by atoms with Crippen LogP contribution in [-0.2, 0) is 4.79 Å². The molecule has 3 heterocycles. The summed E-state index contributed by atoms with van der Waals surface area (Å²) in [4.78, 5) is 19.6. The van der Waals surface area contributed by atoms with Crippen molar-refractivity contribution in [2.45, 2.75) is 44.9 Å². The van der Waals surface area contributed by atoms with Crippen molar-refractivity contribution in [2.75, 3.05) is 29.9 Å². The molecule has 0 bridgehead atoms. The third kappa shape index (κ3) is 4.07. The normalized spacial score (nSPS) is 19.1. The Morgan fingerprint density at radius 3 is 2.89 bits per heavy atom. The number of carbonyl (C=O) groups excluding carboxylic acids is 1. The second-order valence-corrected chi connectivity index (χ2v) is 7.54. The van der Waals surface area contributed by atoms with Crippen LogP contribution in [0.3, 0.4) is 0 Å². The lowest BCUT2D eigenvalue weighted by Crippen LogP contribution is -2.30. The molecule has 27 heavy (non-hydrogen) atoms. The molecule has 0 spiro atoms. The van der Waals surface area contributed by atoms with Crippen LogP contribution in [0.25, 0.3) is 0 Å². The highest BCUT2D eigenvalue weighted by atomic mass is 16.5. The Labute approximate surface area is 160 Å². The first kappa shape index (κ1) is 17.8. The van der Waals surface area contributed by atoms with E-state index in [2.05, 4.69) is 28.2 Å². The maximum atomic E-state index is 12.6. The molecular formula is C22H27N3O2. The molecule has 0 saturated carbocycles. The van der Waals surface area contributed by atoms with Crippen molar-refractivity contribution in [3.8, 4) is 5.75 Å². The summed E-state index contributed by atoms with van der Waals surface area (Å²) in [5, 5.41) is 3.03. The van der Waals surface area contributed by atoms with Gasteiger partial charge in [0, 0.05) is 19.5 Å². The number of anilines is 2. The number of hydrogen-bond donors (Lipinski definition) is 1. The van der Waals surface area contributed by atoms with Crippen molar-refractivity contribution in [1.29, 1.82) is 0 Å². The largest absolute Gasteiger partial charge is 0.493 e. The van der Waals surface area contributed by atoms with E-state index in [9.17, 15) is 4.79 Å². The second kappa shape index (κ2) is 7.99. The van der Waals surface area contributed by atoms with Gasteiger partial charge in [0.1, 0.15) is 11.6 Å². The van der Waals surface area contributed by atoms with Gasteiger partial charge in [-0.25, -0.2) is 4.98 Å². The summed E-state index contributed by atoms with van der Waals surface area (Å²) in [5.41, 5.74) is 3.03. The summed E-state index contributed by atoms with van der Waals surface area (Å²) in [6, 6.07) is 10.1.